The summed E-state index contributed by atoms with van der Waals surface area (Å²) in [7, 11) is 0. The van der Waals surface area contributed by atoms with Crippen LogP contribution in [0.2, 0.25) is 0 Å². The van der Waals surface area contributed by atoms with Crippen LogP contribution in [0, 0.1) is 5.41 Å². The van der Waals surface area contributed by atoms with Gasteiger partial charge in [-0.2, -0.15) is 0 Å². The molecule has 1 aliphatic carbocycles. The summed E-state index contributed by atoms with van der Waals surface area (Å²) in [6.07, 6.45) is 4.17. The van der Waals surface area contributed by atoms with Crippen molar-refractivity contribution in [3.8, 4) is 0 Å². The Labute approximate surface area is 114 Å². The third kappa shape index (κ3) is 3.01. The zero-order valence-electron chi connectivity index (χ0n) is 11.2. The molecule has 1 atom stereocenters. The molecule has 1 saturated heterocycles. The van der Waals surface area contributed by atoms with Crippen LogP contribution < -0.4 is 11.1 Å². The van der Waals surface area contributed by atoms with Crippen LogP contribution in [-0.4, -0.2) is 41.0 Å². The SMILES string of the molecule is CC(C(=O)NC1CC1)N1CCC(C)(C(N)=S)CC1. The molecule has 0 bridgehead atoms. The van der Waals surface area contributed by atoms with Gasteiger partial charge in [0.25, 0.3) is 0 Å². The zero-order valence-corrected chi connectivity index (χ0v) is 12.1. The van der Waals surface area contributed by atoms with Gasteiger partial charge in [-0.15, -0.1) is 0 Å². The molecule has 1 aliphatic heterocycles. The van der Waals surface area contributed by atoms with E-state index in [2.05, 4.69) is 17.1 Å². The van der Waals surface area contributed by atoms with Gasteiger partial charge in [-0.25, -0.2) is 0 Å². The van der Waals surface area contributed by atoms with Crippen molar-refractivity contribution >= 4 is 23.1 Å². The Morgan fingerprint density at radius 3 is 2.44 bits per heavy atom. The summed E-state index contributed by atoms with van der Waals surface area (Å²) in [5, 5.41) is 3.06. The molecule has 2 aliphatic rings. The first kappa shape index (κ1) is 13.7. The lowest BCUT2D eigenvalue weighted by molar-refractivity contribution is -0.126. The number of carbonyl (C=O) groups is 1. The summed E-state index contributed by atoms with van der Waals surface area (Å²) in [5.41, 5.74) is 5.76. The first-order valence-electron chi connectivity index (χ1n) is 6.77. The third-order valence-corrected chi connectivity index (χ3v) is 4.84. The zero-order chi connectivity index (χ0) is 13.3. The molecule has 1 heterocycles. The number of likely N-dealkylation sites (tertiary alicyclic amines) is 1. The van der Waals surface area contributed by atoms with Crippen LogP contribution in [0.25, 0.3) is 0 Å². The number of thiocarbonyl (C=S) groups is 1. The molecule has 0 aromatic heterocycles. The van der Waals surface area contributed by atoms with E-state index in [9.17, 15) is 4.79 Å². The summed E-state index contributed by atoms with van der Waals surface area (Å²) in [6, 6.07) is 0.396. The number of nitrogens with two attached hydrogens (primary N) is 1. The number of hydrogen-bond acceptors (Lipinski definition) is 3. The number of rotatable bonds is 4. The molecule has 1 amide bonds. The fraction of sp³-hybridized carbons (Fsp3) is 0.846. The largest absolute Gasteiger partial charge is 0.393 e. The first-order valence-corrected chi connectivity index (χ1v) is 7.17. The normalized spacial score (nSPS) is 25.4. The van der Waals surface area contributed by atoms with Crippen LogP contribution in [-0.2, 0) is 4.79 Å². The minimum absolute atomic E-state index is 0.0292. The van der Waals surface area contributed by atoms with Crippen LogP contribution in [0.4, 0.5) is 0 Å². The predicted molar refractivity (Wildman–Crippen MR) is 76.3 cm³/mol. The smallest absolute Gasteiger partial charge is 0.237 e. The van der Waals surface area contributed by atoms with Gasteiger partial charge in [-0.1, -0.05) is 19.1 Å². The molecule has 1 unspecified atom stereocenters. The van der Waals surface area contributed by atoms with Crippen molar-refractivity contribution in [1.29, 1.82) is 0 Å². The Morgan fingerprint density at radius 2 is 2.00 bits per heavy atom. The van der Waals surface area contributed by atoms with Crippen molar-refractivity contribution < 1.29 is 4.79 Å². The van der Waals surface area contributed by atoms with Crippen LogP contribution >= 0.6 is 12.2 Å². The highest BCUT2D eigenvalue weighted by Gasteiger charge is 2.36. The van der Waals surface area contributed by atoms with Gasteiger partial charge < -0.3 is 11.1 Å². The molecular formula is C13H23N3OS. The minimum atomic E-state index is -0.0403. The van der Waals surface area contributed by atoms with Gasteiger partial charge in [0.2, 0.25) is 5.91 Å². The molecular weight excluding hydrogens is 246 g/mol. The van der Waals surface area contributed by atoms with E-state index >= 15 is 0 Å². The van der Waals surface area contributed by atoms with E-state index in [1.54, 1.807) is 0 Å². The molecule has 3 N–H and O–H groups in total. The highest BCUT2D eigenvalue weighted by atomic mass is 32.1. The molecule has 1 saturated carbocycles. The van der Waals surface area contributed by atoms with E-state index in [0.717, 1.165) is 38.8 Å². The van der Waals surface area contributed by atoms with Crippen LogP contribution in [0.1, 0.15) is 39.5 Å². The van der Waals surface area contributed by atoms with Gasteiger partial charge in [-0.05, 0) is 45.7 Å². The number of hydrogen-bond donors (Lipinski definition) is 2. The highest BCUT2D eigenvalue weighted by Crippen LogP contribution is 2.32. The van der Waals surface area contributed by atoms with Gasteiger partial charge in [0.15, 0.2) is 0 Å². The molecule has 18 heavy (non-hydrogen) atoms. The van der Waals surface area contributed by atoms with E-state index in [-0.39, 0.29) is 17.4 Å². The Bertz CT molecular complexity index is 346. The second-order valence-electron chi connectivity index (χ2n) is 5.92. The van der Waals surface area contributed by atoms with E-state index < -0.39 is 0 Å². The molecule has 4 nitrogen and oxygen atoms in total. The molecule has 0 radical (unpaired) electrons. The van der Waals surface area contributed by atoms with Crippen LogP contribution in [0.5, 0.6) is 0 Å². The quantitative estimate of drug-likeness (QED) is 0.749. The van der Waals surface area contributed by atoms with Gasteiger partial charge in [0.05, 0.1) is 11.0 Å². The molecule has 2 rings (SSSR count). The summed E-state index contributed by atoms with van der Waals surface area (Å²) >= 11 is 5.13. The number of nitrogens with zero attached hydrogens (tertiary/aromatic N) is 1. The fourth-order valence-electron chi connectivity index (χ4n) is 2.37. The standard InChI is InChI=1S/C13H23N3OS/c1-9(11(17)15-10-3-4-10)16-7-5-13(2,6-8-16)12(14)18/h9-10H,3-8H2,1-2H3,(H2,14,18)(H,15,17). The average molecular weight is 269 g/mol. The second-order valence-corrected chi connectivity index (χ2v) is 6.36. The number of carbonyl (C=O) groups excluding carboxylic acids is 1. The lowest BCUT2D eigenvalue weighted by atomic mass is 9.80. The van der Waals surface area contributed by atoms with Crippen molar-refractivity contribution in [1.82, 2.24) is 10.2 Å². The Hall–Kier alpha value is -0.680. The maximum Gasteiger partial charge on any atom is 0.237 e. The monoisotopic (exact) mass is 269 g/mol. The maximum atomic E-state index is 12.0. The van der Waals surface area contributed by atoms with Gasteiger partial charge in [0, 0.05) is 11.5 Å². The third-order valence-electron chi connectivity index (χ3n) is 4.35. The summed E-state index contributed by atoms with van der Waals surface area (Å²) in [4.78, 5) is 14.8. The molecule has 0 spiro atoms. The van der Waals surface area contributed by atoms with E-state index in [0.29, 0.717) is 11.0 Å². The van der Waals surface area contributed by atoms with Crippen molar-refractivity contribution in [3.63, 3.8) is 0 Å². The van der Waals surface area contributed by atoms with Crippen LogP contribution in [0.3, 0.4) is 0 Å². The van der Waals surface area contributed by atoms with Gasteiger partial charge in [-0.3, -0.25) is 9.69 Å². The maximum absolute atomic E-state index is 12.0. The highest BCUT2D eigenvalue weighted by molar-refractivity contribution is 7.80. The molecule has 5 heteroatoms. The van der Waals surface area contributed by atoms with E-state index in [4.69, 9.17) is 18.0 Å². The molecule has 102 valence electrons. The van der Waals surface area contributed by atoms with Crippen molar-refractivity contribution in [2.24, 2.45) is 11.1 Å². The lowest BCUT2D eigenvalue weighted by Crippen LogP contribution is -2.52. The number of piperidine rings is 1. The van der Waals surface area contributed by atoms with Gasteiger partial charge in [0.1, 0.15) is 0 Å². The number of amides is 1. The minimum Gasteiger partial charge on any atom is -0.393 e. The first-order chi connectivity index (χ1) is 8.42. The molecule has 0 aromatic rings. The molecule has 2 fully saturated rings. The lowest BCUT2D eigenvalue weighted by Gasteiger charge is -2.40. The van der Waals surface area contributed by atoms with Gasteiger partial charge >= 0.3 is 0 Å². The Kier molecular flexibility index (Phi) is 3.92. The van der Waals surface area contributed by atoms with Crippen molar-refractivity contribution in [2.45, 2.75) is 51.6 Å². The number of nitrogens with one attached hydrogen (secondary N) is 1. The second kappa shape index (κ2) is 5.13. The summed E-state index contributed by atoms with van der Waals surface area (Å²) in [6.45, 7) is 5.91. The predicted octanol–water partition coefficient (Wildman–Crippen LogP) is 1.04. The Balaban J connectivity index is 1.84. The summed E-state index contributed by atoms with van der Waals surface area (Å²) in [5.74, 6) is 0.163. The van der Waals surface area contributed by atoms with Crippen LogP contribution in [0.15, 0.2) is 0 Å². The fourth-order valence-corrected chi connectivity index (χ4v) is 2.57. The average Bonchev–Trinajstić information content (AvgIpc) is 3.13. The van der Waals surface area contributed by atoms with E-state index in [1.165, 1.54) is 0 Å². The Morgan fingerprint density at radius 1 is 1.44 bits per heavy atom. The topological polar surface area (TPSA) is 58.4 Å². The van der Waals surface area contributed by atoms with Crippen molar-refractivity contribution in [3.05, 3.63) is 0 Å². The van der Waals surface area contributed by atoms with Crippen molar-refractivity contribution in [2.75, 3.05) is 13.1 Å². The summed E-state index contributed by atoms with van der Waals surface area (Å²) < 4.78 is 0. The molecule has 0 aromatic carbocycles. The van der Waals surface area contributed by atoms with E-state index in [1.807, 2.05) is 6.92 Å².